The first-order valence-corrected chi connectivity index (χ1v) is 8.48. The third-order valence-electron chi connectivity index (χ3n) is 4.57. The van der Waals surface area contributed by atoms with Gasteiger partial charge in [0.25, 0.3) is 0 Å². The maximum Gasteiger partial charge on any atom is 0.229 e. The van der Waals surface area contributed by atoms with E-state index in [-0.39, 0.29) is 29.7 Å². The van der Waals surface area contributed by atoms with Crippen LogP contribution in [0.1, 0.15) is 19.8 Å². The van der Waals surface area contributed by atoms with Crippen molar-refractivity contribution in [3.8, 4) is 0 Å². The molecule has 2 fully saturated rings. The van der Waals surface area contributed by atoms with Crippen LogP contribution in [0.4, 0.5) is 0 Å². The fraction of sp³-hybridized carbons (Fsp3) is 0.867. The third kappa shape index (κ3) is 5.72. The molecule has 132 valence electrons. The van der Waals surface area contributed by atoms with E-state index in [4.69, 9.17) is 0 Å². The van der Waals surface area contributed by atoms with Crippen molar-refractivity contribution in [3.05, 3.63) is 0 Å². The molecule has 2 aliphatic rings. The van der Waals surface area contributed by atoms with Crippen LogP contribution < -0.4 is 31.5 Å². The third-order valence-corrected chi connectivity index (χ3v) is 4.57. The number of carbonyl (C=O) groups is 2. The molecule has 0 aromatic carbocycles. The second-order valence-electron chi connectivity index (χ2n) is 6.78. The van der Waals surface area contributed by atoms with Gasteiger partial charge in [0.15, 0.2) is 0 Å². The molecule has 2 rings (SSSR count). The number of hydrogen-bond donors (Lipinski definition) is 4. The molecule has 4 unspecified atom stereocenters. The maximum absolute atomic E-state index is 12.1. The average molecular weight is 328 g/mol. The highest BCUT2D eigenvalue weighted by Crippen LogP contribution is 2.07. The van der Waals surface area contributed by atoms with E-state index in [1.54, 1.807) is 0 Å². The molecule has 0 spiro atoms. The molecular weight excluding hydrogens is 300 g/mol. The molecule has 0 bridgehead atoms. The molecule has 2 aliphatic heterocycles. The van der Waals surface area contributed by atoms with Gasteiger partial charge in [0.05, 0.1) is 38.0 Å². The summed E-state index contributed by atoms with van der Waals surface area (Å²) in [5.41, 5.74) is 0. The van der Waals surface area contributed by atoms with Crippen molar-refractivity contribution >= 4 is 11.8 Å². The minimum atomic E-state index is -0.683. The van der Waals surface area contributed by atoms with Gasteiger partial charge in [-0.3, -0.25) is 9.59 Å². The highest BCUT2D eigenvalue weighted by molar-refractivity contribution is 5.80. The van der Waals surface area contributed by atoms with Crippen LogP contribution in [0.5, 0.6) is 0 Å². The zero-order valence-electron chi connectivity index (χ0n) is 13.6. The van der Waals surface area contributed by atoms with Crippen molar-refractivity contribution in [2.75, 3.05) is 32.7 Å². The number of amides is 2. The molecule has 2 heterocycles. The van der Waals surface area contributed by atoms with Crippen molar-refractivity contribution in [2.24, 2.45) is 11.8 Å². The lowest BCUT2D eigenvalue weighted by Crippen LogP contribution is -2.91. The quantitative estimate of drug-likeness (QED) is 0.399. The van der Waals surface area contributed by atoms with Crippen molar-refractivity contribution in [1.82, 2.24) is 10.6 Å². The highest BCUT2D eigenvalue weighted by atomic mass is 16.3. The van der Waals surface area contributed by atoms with Gasteiger partial charge in [-0.15, -0.1) is 0 Å². The van der Waals surface area contributed by atoms with E-state index in [2.05, 4.69) is 10.6 Å². The van der Waals surface area contributed by atoms with E-state index < -0.39 is 12.2 Å². The molecule has 8 nitrogen and oxygen atoms in total. The Kier molecular flexibility index (Phi) is 6.76. The van der Waals surface area contributed by atoms with Crippen molar-refractivity contribution < 1.29 is 30.4 Å². The minimum absolute atomic E-state index is 0.117. The van der Waals surface area contributed by atoms with Crippen LogP contribution in [0.25, 0.3) is 0 Å². The van der Waals surface area contributed by atoms with Crippen LogP contribution in [0, 0.1) is 11.8 Å². The summed E-state index contributed by atoms with van der Waals surface area (Å²) < 4.78 is 0. The lowest BCUT2D eigenvalue weighted by atomic mass is 9.96. The van der Waals surface area contributed by atoms with Gasteiger partial charge in [0, 0.05) is 12.6 Å². The Morgan fingerprint density at radius 2 is 1.52 bits per heavy atom. The van der Waals surface area contributed by atoms with Gasteiger partial charge in [0.2, 0.25) is 11.8 Å². The summed E-state index contributed by atoms with van der Waals surface area (Å²) in [6.07, 6.45) is -0.605. The first kappa shape index (κ1) is 18.1. The summed E-state index contributed by atoms with van der Waals surface area (Å²) in [5, 5.41) is 32.3. The summed E-state index contributed by atoms with van der Waals surface area (Å²) in [6.45, 7) is 4.52. The van der Waals surface area contributed by atoms with Gasteiger partial charge in [-0.1, -0.05) is 12.2 Å². The van der Waals surface area contributed by atoms with Crippen LogP contribution in [0.2, 0.25) is 0 Å². The number of carbonyl (C=O) groups excluding carboxylic acids is 2. The standard InChI is InChI=1S/C15H26N4O4/c1-9(19-15(23)11-3-13(21)8-17-6-11)4-18-14(22)10-2-12(20)7-16-5-10/h9-13,16-17H,2-8H2,1H3,(H,18,22)(H,19,23)/q-2/p+2/t9-,10?,11?,12?,13?/m1/s1. The number of hydrogen-bond acceptors (Lipinski definition) is 4. The Morgan fingerprint density at radius 1 is 1.00 bits per heavy atom. The molecule has 0 aromatic heterocycles. The summed E-state index contributed by atoms with van der Waals surface area (Å²) in [5.74, 6) is -0.732. The van der Waals surface area contributed by atoms with Gasteiger partial charge in [-0.25, -0.2) is 0 Å². The van der Waals surface area contributed by atoms with E-state index in [1.165, 1.54) is 0 Å². The number of piperidine rings is 2. The molecular formula is C15H28N4O4. The van der Waals surface area contributed by atoms with Crippen LogP contribution in [-0.4, -0.2) is 62.8 Å². The smallest absolute Gasteiger partial charge is 0.229 e. The molecule has 8 heteroatoms. The Morgan fingerprint density at radius 3 is 2.04 bits per heavy atom. The Hall–Kier alpha value is -1.22. The van der Waals surface area contributed by atoms with Gasteiger partial charge >= 0.3 is 0 Å². The normalized spacial score (nSPS) is 32.8. The zero-order chi connectivity index (χ0) is 16.8. The molecule has 0 radical (unpaired) electrons. The fourth-order valence-electron chi connectivity index (χ4n) is 3.22. The topological polar surface area (TPSA) is 138 Å². The lowest BCUT2D eigenvalue weighted by Gasteiger charge is -2.31. The van der Waals surface area contributed by atoms with Crippen molar-refractivity contribution in [1.29, 1.82) is 0 Å². The molecule has 23 heavy (non-hydrogen) atoms. The van der Waals surface area contributed by atoms with Crippen LogP contribution in [-0.2, 0) is 9.59 Å². The monoisotopic (exact) mass is 328 g/mol. The van der Waals surface area contributed by atoms with E-state index in [0.29, 0.717) is 45.6 Å². The summed E-state index contributed by atoms with van der Waals surface area (Å²) in [4.78, 5) is 24.2. The average Bonchev–Trinajstić information content (AvgIpc) is 2.52. The van der Waals surface area contributed by atoms with E-state index in [9.17, 15) is 19.8 Å². The second kappa shape index (κ2) is 8.58. The molecule has 6 N–H and O–H groups in total. The van der Waals surface area contributed by atoms with Gasteiger partial charge in [0.1, 0.15) is 0 Å². The van der Waals surface area contributed by atoms with Crippen LogP contribution in [0.15, 0.2) is 0 Å². The lowest BCUT2D eigenvalue weighted by molar-refractivity contribution is -0.696. The summed E-state index contributed by atoms with van der Waals surface area (Å²) in [6, 6.07) is -0.200. The van der Waals surface area contributed by atoms with E-state index >= 15 is 0 Å². The van der Waals surface area contributed by atoms with Crippen molar-refractivity contribution in [2.45, 2.75) is 38.0 Å². The molecule has 0 aliphatic carbocycles. The van der Waals surface area contributed by atoms with Gasteiger partial charge in [-0.2, -0.15) is 0 Å². The highest BCUT2D eigenvalue weighted by Gasteiger charge is 2.27. The second-order valence-corrected chi connectivity index (χ2v) is 6.78. The molecule has 0 aromatic rings. The SMILES string of the molecule is C[C@H](CNC(=O)C1C[NH2+]CC([O-])C1)NC(=O)C1C[NH2+]CC([O-])C1. The van der Waals surface area contributed by atoms with E-state index in [1.807, 2.05) is 17.6 Å². The molecule has 2 saturated heterocycles. The number of nitrogens with one attached hydrogen (secondary N) is 2. The fourth-order valence-corrected chi connectivity index (χ4v) is 3.22. The van der Waals surface area contributed by atoms with E-state index in [0.717, 1.165) is 0 Å². The number of quaternary nitrogens is 2. The van der Waals surface area contributed by atoms with Gasteiger partial charge < -0.3 is 31.5 Å². The number of rotatable bonds is 5. The Bertz CT molecular complexity index is 420. The predicted octanol–water partition coefficient (Wildman–Crippen LogP) is -5.77. The molecule has 2 amide bonds. The summed E-state index contributed by atoms with van der Waals surface area (Å²) >= 11 is 0. The van der Waals surface area contributed by atoms with Gasteiger partial charge in [-0.05, 0) is 19.8 Å². The Balaban J connectivity index is 1.68. The predicted molar refractivity (Wildman–Crippen MR) is 77.7 cm³/mol. The number of nitrogens with two attached hydrogens (primary N) is 2. The minimum Gasteiger partial charge on any atom is -0.848 e. The first-order chi connectivity index (χ1) is 11.0. The first-order valence-electron chi connectivity index (χ1n) is 8.48. The van der Waals surface area contributed by atoms with Crippen LogP contribution in [0.3, 0.4) is 0 Å². The Labute approximate surface area is 136 Å². The van der Waals surface area contributed by atoms with Crippen LogP contribution >= 0.6 is 0 Å². The molecule has 5 atom stereocenters. The molecule has 0 saturated carbocycles. The zero-order valence-corrected chi connectivity index (χ0v) is 13.6. The largest absolute Gasteiger partial charge is 0.848 e. The summed E-state index contributed by atoms with van der Waals surface area (Å²) in [7, 11) is 0. The maximum atomic E-state index is 12.1. The van der Waals surface area contributed by atoms with Crippen molar-refractivity contribution in [3.63, 3.8) is 0 Å².